The van der Waals surface area contributed by atoms with E-state index in [0.29, 0.717) is 0 Å². The topological polar surface area (TPSA) is 22.3 Å². The van der Waals surface area contributed by atoms with Crippen LogP contribution in [0.2, 0.25) is 0 Å². The molecule has 1 heterocycles. The second-order valence-corrected chi connectivity index (χ2v) is 5.34. The molecule has 0 saturated carbocycles. The summed E-state index contributed by atoms with van der Waals surface area (Å²) in [5.74, 6) is 1.64. The van der Waals surface area contributed by atoms with Crippen molar-refractivity contribution in [2.75, 3.05) is 14.2 Å². The molecule has 0 N–H and O–H groups in total. The summed E-state index contributed by atoms with van der Waals surface area (Å²) in [4.78, 5) is 0. The molecule has 0 radical (unpaired) electrons. The summed E-state index contributed by atoms with van der Waals surface area (Å²) in [5.41, 5.74) is 3.48. The Labute approximate surface area is 130 Å². The number of methoxy groups -OCH3 is 2. The third kappa shape index (κ3) is 2.29. The number of para-hydroxylation sites is 1. The van der Waals surface area contributed by atoms with Gasteiger partial charge in [0, 0.05) is 43.5 Å². The van der Waals surface area contributed by atoms with Crippen molar-refractivity contribution in [3.05, 3.63) is 59.9 Å². The van der Waals surface area contributed by atoms with Gasteiger partial charge in [-0.3, -0.25) is 0 Å². The molecule has 0 aliphatic carbocycles. The maximum absolute atomic E-state index is 5.59. The minimum absolute atomic E-state index is 0.806. The van der Waals surface area contributed by atoms with E-state index in [1.807, 2.05) is 18.2 Å². The van der Waals surface area contributed by atoms with Crippen LogP contribution in [-0.4, -0.2) is 14.2 Å². The summed E-state index contributed by atoms with van der Waals surface area (Å²) < 4.78 is 13.2. The van der Waals surface area contributed by atoms with Gasteiger partial charge in [-0.2, -0.15) is 4.57 Å². The highest BCUT2D eigenvalue weighted by atomic mass is 16.5. The lowest BCUT2D eigenvalue weighted by atomic mass is 10.1. The zero-order chi connectivity index (χ0) is 15.7. The Bertz CT molecular complexity index is 826. The van der Waals surface area contributed by atoms with E-state index in [1.54, 1.807) is 14.2 Å². The van der Waals surface area contributed by atoms with E-state index in [4.69, 9.17) is 9.47 Å². The van der Waals surface area contributed by atoms with Crippen LogP contribution in [0.25, 0.3) is 16.5 Å². The maximum atomic E-state index is 5.59. The van der Waals surface area contributed by atoms with Crippen LogP contribution >= 0.6 is 0 Å². The van der Waals surface area contributed by atoms with E-state index in [0.717, 1.165) is 33.7 Å². The first-order chi connectivity index (χ1) is 10.7. The van der Waals surface area contributed by atoms with Gasteiger partial charge in [0.1, 0.15) is 11.5 Å². The standard InChI is InChI=1S/C19H20NO2/c1-13-10-15-11-17(21-3)12-18(22-4)19(15)14(2)20(13)16-8-6-5-7-9-16/h5-12H,1-4H3/q+1. The van der Waals surface area contributed by atoms with Crippen molar-refractivity contribution in [2.24, 2.45) is 0 Å². The van der Waals surface area contributed by atoms with Gasteiger partial charge in [0.05, 0.1) is 19.6 Å². The number of fused-ring (bicyclic) bond motifs is 1. The molecular formula is C19H20NO2+. The minimum atomic E-state index is 0.806. The van der Waals surface area contributed by atoms with Crippen molar-refractivity contribution in [1.29, 1.82) is 0 Å². The van der Waals surface area contributed by atoms with Crippen LogP contribution in [0.4, 0.5) is 0 Å². The lowest BCUT2D eigenvalue weighted by Crippen LogP contribution is -2.37. The smallest absolute Gasteiger partial charge is 0.211 e. The van der Waals surface area contributed by atoms with Crippen molar-refractivity contribution >= 4 is 10.8 Å². The molecule has 0 bridgehead atoms. The summed E-state index contributed by atoms with van der Waals surface area (Å²) in [7, 11) is 3.37. The highest BCUT2D eigenvalue weighted by Gasteiger charge is 2.21. The monoisotopic (exact) mass is 294 g/mol. The molecule has 0 amide bonds. The average molecular weight is 294 g/mol. The van der Waals surface area contributed by atoms with E-state index in [1.165, 1.54) is 5.69 Å². The summed E-state index contributed by atoms with van der Waals surface area (Å²) in [6.07, 6.45) is 0. The van der Waals surface area contributed by atoms with Crippen LogP contribution in [0.15, 0.2) is 48.5 Å². The number of benzene rings is 2. The number of pyridine rings is 1. The van der Waals surface area contributed by atoms with E-state index in [2.05, 4.69) is 48.7 Å². The molecule has 112 valence electrons. The third-order valence-electron chi connectivity index (χ3n) is 3.99. The molecule has 0 fully saturated rings. The lowest BCUT2D eigenvalue weighted by molar-refractivity contribution is -0.607. The van der Waals surface area contributed by atoms with Crippen LogP contribution in [-0.2, 0) is 0 Å². The second kappa shape index (κ2) is 5.68. The number of aryl methyl sites for hydroxylation is 2. The first-order valence-corrected chi connectivity index (χ1v) is 7.29. The van der Waals surface area contributed by atoms with Gasteiger partial charge in [-0.1, -0.05) is 18.2 Å². The van der Waals surface area contributed by atoms with Crippen molar-refractivity contribution in [1.82, 2.24) is 0 Å². The molecule has 3 heteroatoms. The Balaban J connectivity index is 2.38. The molecule has 2 aromatic carbocycles. The molecule has 0 spiro atoms. The quantitative estimate of drug-likeness (QED) is 0.686. The Morgan fingerprint density at radius 2 is 1.59 bits per heavy atom. The third-order valence-corrected chi connectivity index (χ3v) is 3.99. The Kier molecular flexibility index (Phi) is 3.72. The highest BCUT2D eigenvalue weighted by Crippen LogP contribution is 2.33. The number of hydrogen-bond acceptors (Lipinski definition) is 2. The van der Waals surface area contributed by atoms with Gasteiger partial charge in [0.2, 0.25) is 5.69 Å². The fourth-order valence-electron chi connectivity index (χ4n) is 3.03. The minimum Gasteiger partial charge on any atom is -0.497 e. The van der Waals surface area contributed by atoms with Crippen molar-refractivity contribution in [3.8, 4) is 17.2 Å². The van der Waals surface area contributed by atoms with Gasteiger partial charge in [-0.05, 0) is 6.07 Å². The van der Waals surface area contributed by atoms with Crippen molar-refractivity contribution in [3.63, 3.8) is 0 Å². The number of ether oxygens (including phenoxy) is 2. The second-order valence-electron chi connectivity index (χ2n) is 5.34. The summed E-state index contributed by atoms with van der Waals surface area (Å²) in [5, 5.41) is 2.23. The number of aromatic nitrogens is 1. The Hall–Kier alpha value is -2.55. The van der Waals surface area contributed by atoms with Crippen LogP contribution < -0.4 is 14.0 Å². The number of nitrogens with zero attached hydrogens (tertiary/aromatic N) is 1. The van der Waals surface area contributed by atoms with Crippen LogP contribution in [0.5, 0.6) is 11.5 Å². The van der Waals surface area contributed by atoms with E-state index in [9.17, 15) is 0 Å². The largest absolute Gasteiger partial charge is 0.497 e. The van der Waals surface area contributed by atoms with Gasteiger partial charge in [0.25, 0.3) is 0 Å². The fraction of sp³-hybridized carbons (Fsp3) is 0.211. The molecule has 3 nitrogen and oxygen atoms in total. The molecule has 0 aliphatic rings. The number of hydrogen-bond donors (Lipinski definition) is 0. The van der Waals surface area contributed by atoms with Crippen LogP contribution in [0.3, 0.4) is 0 Å². The van der Waals surface area contributed by atoms with Crippen molar-refractivity contribution in [2.45, 2.75) is 13.8 Å². The molecule has 1 aromatic heterocycles. The number of rotatable bonds is 3. The predicted octanol–water partition coefficient (Wildman–Crippen LogP) is 3.75. The fourth-order valence-corrected chi connectivity index (χ4v) is 3.03. The molecule has 22 heavy (non-hydrogen) atoms. The molecular weight excluding hydrogens is 274 g/mol. The van der Waals surface area contributed by atoms with Gasteiger partial charge >= 0.3 is 0 Å². The van der Waals surface area contributed by atoms with Crippen LogP contribution in [0, 0.1) is 13.8 Å². The van der Waals surface area contributed by atoms with Gasteiger partial charge in [-0.25, -0.2) is 0 Å². The normalized spacial score (nSPS) is 10.7. The Morgan fingerprint density at radius 1 is 0.864 bits per heavy atom. The predicted molar refractivity (Wildman–Crippen MR) is 88.1 cm³/mol. The first kappa shape index (κ1) is 14.4. The zero-order valence-electron chi connectivity index (χ0n) is 13.4. The molecule has 3 rings (SSSR count). The van der Waals surface area contributed by atoms with Gasteiger partial charge in [0.15, 0.2) is 11.4 Å². The average Bonchev–Trinajstić information content (AvgIpc) is 2.54. The summed E-state index contributed by atoms with van der Waals surface area (Å²) >= 11 is 0. The highest BCUT2D eigenvalue weighted by molar-refractivity contribution is 5.91. The van der Waals surface area contributed by atoms with Crippen LogP contribution in [0.1, 0.15) is 11.4 Å². The van der Waals surface area contributed by atoms with E-state index >= 15 is 0 Å². The maximum Gasteiger partial charge on any atom is 0.211 e. The SMILES string of the molecule is COc1cc(OC)c2c(C)[n+](-c3ccccc3)c(C)cc2c1. The van der Waals surface area contributed by atoms with E-state index < -0.39 is 0 Å². The van der Waals surface area contributed by atoms with Crippen molar-refractivity contribution < 1.29 is 14.0 Å². The molecule has 0 atom stereocenters. The molecule has 3 aromatic rings. The zero-order valence-corrected chi connectivity index (χ0v) is 13.4. The summed E-state index contributed by atoms with van der Waals surface area (Å²) in [6, 6.07) is 16.5. The van der Waals surface area contributed by atoms with Gasteiger partial charge in [-0.15, -0.1) is 0 Å². The van der Waals surface area contributed by atoms with E-state index in [-0.39, 0.29) is 0 Å². The first-order valence-electron chi connectivity index (χ1n) is 7.29. The van der Waals surface area contributed by atoms with Gasteiger partial charge < -0.3 is 9.47 Å². The molecule has 0 saturated heterocycles. The summed E-state index contributed by atoms with van der Waals surface area (Å²) in [6.45, 7) is 4.24. The lowest BCUT2D eigenvalue weighted by Gasteiger charge is -2.12. The Morgan fingerprint density at radius 3 is 2.23 bits per heavy atom. The molecule has 0 unspecified atom stereocenters. The molecule has 0 aliphatic heterocycles.